The summed E-state index contributed by atoms with van der Waals surface area (Å²) in [6, 6.07) is 7.05. The van der Waals surface area contributed by atoms with Gasteiger partial charge in [0.15, 0.2) is 0 Å². The molecule has 2 aliphatic rings. The first-order valence-corrected chi connectivity index (χ1v) is 9.26. The highest BCUT2D eigenvalue weighted by Crippen LogP contribution is 2.35. The predicted molar refractivity (Wildman–Crippen MR) is 97.1 cm³/mol. The SMILES string of the molecule is CN1CCC(c2ccc3nc(N)n(C4CCC(O)CC4)c3c2)CC1. The molecule has 1 aliphatic heterocycles. The summed E-state index contributed by atoms with van der Waals surface area (Å²) in [7, 11) is 2.20. The van der Waals surface area contributed by atoms with E-state index in [1.807, 2.05) is 0 Å². The van der Waals surface area contributed by atoms with Crippen LogP contribution in [-0.2, 0) is 0 Å². The fourth-order valence-corrected chi connectivity index (χ4v) is 4.42. The lowest BCUT2D eigenvalue weighted by atomic mass is 9.89. The van der Waals surface area contributed by atoms with Crippen LogP contribution in [0, 0.1) is 0 Å². The van der Waals surface area contributed by atoms with Crippen LogP contribution in [0.2, 0.25) is 0 Å². The van der Waals surface area contributed by atoms with Crippen LogP contribution in [0.15, 0.2) is 18.2 Å². The van der Waals surface area contributed by atoms with Gasteiger partial charge >= 0.3 is 0 Å². The summed E-state index contributed by atoms with van der Waals surface area (Å²) in [6.45, 7) is 2.34. The van der Waals surface area contributed by atoms with E-state index in [1.165, 1.54) is 37.0 Å². The quantitative estimate of drug-likeness (QED) is 0.889. The van der Waals surface area contributed by atoms with Gasteiger partial charge in [0.05, 0.1) is 17.1 Å². The molecule has 0 spiro atoms. The van der Waals surface area contributed by atoms with Crippen molar-refractivity contribution in [3.8, 4) is 0 Å². The molecule has 5 heteroatoms. The molecule has 5 nitrogen and oxygen atoms in total. The summed E-state index contributed by atoms with van der Waals surface area (Å²) in [5.74, 6) is 1.26. The number of hydrogen-bond donors (Lipinski definition) is 2. The van der Waals surface area contributed by atoms with Gasteiger partial charge < -0.3 is 20.3 Å². The average molecular weight is 328 g/mol. The van der Waals surface area contributed by atoms with Gasteiger partial charge in [0, 0.05) is 6.04 Å². The van der Waals surface area contributed by atoms with E-state index in [9.17, 15) is 5.11 Å². The van der Waals surface area contributed by atoms with Gasteiger partial charge in [0.2, 0.25) is 5.95 Å². The van der Waals surface area contributed by atoms with E-state index in [0.29, 0.717) is 17.9 Å². The van der Waals surface area contributed by atoms with Crippen molar-refractivity contribution in [2.24, 2.45) is 0 Å². The van der Waals surface area contributed by atoms with Crippen LogP contribution in [0.25, 0.3) is 11.0 Å². The lowest BCUT2D eigenvalue weighted by molar-refractivity contribution is 0.112. The van der Waals surface area contributed by atoms with Crippen LogP contribution in [0.1, 0.15) is 56.0 Å². The highest BCUT2D eigenvalue weighted by atomic mass is 16.3. The average Bonchev–Trinajstić information content (AvgIpc) is 2.91. The second-order valence-electron chi connectivity index (χ2n) is 7.63. The van der Waals surface area contributed by atoms with Crippen LogP contribution in [0.5, 0.6) is 0 Å². The molecule has 0 unspecified atom stereocenters. The van der Waals surface area contributed by atoms with Gasteiger partial charge in [0.25, 0.3) is 0 Å². The maximum absolute atomic E-state index is 9.78. The van der Waals surface area contributed by atoms with Crippen LogP contribution in [-0.4, -0.2) is 45.8 Å². The topological polar surface area (TPSA) is 67.3 Å². The van der Waals surface area contributed by atoms with Crippen molar-refractivity contribution in [1.29, 1.82) is 0 Å². The van der Waals surface area contributed by atoms with Gasteiger partial charge in [-0.05, 0) is 82.3 Å². The van der Waals surface area contributed by atoms with E-state index >= 15 is 0 Å². The van der Waals surface area contributed by atoms with Crippen LogP contribution >= 0.6 is 0 Å². The fraction of sp³-hybridized carbons (Fsp3) is 0.632. The number of fused-ring (bicyclic) bond motifs is 1. The number of aromatic nitrogens is 2. The Balaban J connectivity index is 1.66. The summed E-state index contributed by atoms with van der Waals surface area (Å²) in [5, 5.41) is 9.78. The Morgan fingerprint density at radius 2 is 1.79 bits per heavy atom. The Kier molecular flexibility index (Phi) is 4.22. The van der Waals surface area contributed by atoms with Crippen LogP contribution in [0.3, 0.4) is 0 Å². The number of likely N-dealkylation sites (tertiary alicyclic amines) is 1. The van der Waals surface area contributed by atoms with Gasteiger partial charge in [-0.15, -0.1) is 0 Å². The third-order valence-corrected chi connectivity index (χ3v) is 5.96. The van der Waals surface area contributed by atoms with Crippen molar-refractivity contribution < 1.29 is 5.11 Å². The number of anilines is 1. The molecule has 2 heterocycles. The molecule has 130 valence electrons. The Morgan fingerprint density at radius 1 is 1.08 bits per heavy atom. The Bertz CT molecular complexity index is 709. The number of piperidine rings is 1. The molecule has 1 aromatic carbocycles. The molecule has 1 saturated heterocycles. The number of nitrogens with zero attached hydrogens (tertiary/aromatic N) is 3. The second-order valence-corrected chi connectivity index (χ2v) is 7.63. The number of imidazole rings is 1. The van der Waals surface area contributed by atoms with E-state index in [-0.39, 0.29) is 6.10 Å². The van der Waals surface area contributed by atoms with Gasteiger partial charge in [-0.1, -0.05) is 6.07 Å². The lowest BCUT2D eigenvalue weighted by Gasteiger charge is -2.30. The zero-order valence-corrected chi connectivity index (χ0v) is 14.5. The maximum Gasteiger partial charge on any atom is 0.201 e. The molecule has 1 aromatic heterocycles. The number of aliphatic hydroxyl groups is 1. The minimum Gasteiger partial charge on any atom is -0.393 e. The standard InChI is InChI=1S/C19H28N4O/c1-22-10-8-13(9-11-22)14-2-7-17-18(12-14)23(19(20)21-17)15-3-5-16(24)6-4-15/h2,7,12-13,15-16,24H,3-6,8-11H2,1H3,(H2,20,21). The van der Waals surface area contributed by atoms with Crippen molar-refractivity contribution in [3.63, 3.8) is 0 Å². The predicted octanol–water partition coefficient (Wildman–Crippen LogP) is 2.90. The lowest BCUT2D eigenvalue weighted by Crippen LogP contribution is -2.29. The summed E-state index contributed by atoms with van der Waals surface area (Å²) in [4.78, 5) is 6.98. The summed E-state index contributed by atoms with van der Waals surface area (Å²) < 4.78 is 2.22. The molecule has 0 atom stereocenters. The van der Waals surface area contributed by atoms with Gasteiger partial charge in [-0.3, -0.25) is 0 Å². The van der Waals surface area contributed by atoms with Crippen molar-refractivity contribution >= 4 is 17.0 Å². The Morgan fingerprint density at radius 3 is 2.50 bits per heavy atom. The molecular weight excluding hydrogens is 300 g/mol. The number of rotatable bonds is 2. The third kappa shape index (κ3) is 2.91. The van der Waals surface area contributed by atoms with Crippen LogP contribution in [0.4, 0.5) is 5.95 Å². The zero-order chi connectivity index (χ0) is 16.7. The van der Waals surface area contributed by atoms with Crippen molar-refractivity contribution in [2.75, 3.05) is 25.9 Å². The molecular formula is C19H28N4O. The monoisotopic (exact) mass is 328 g/mol. The first kappa shape index (κ1) is 15.9. The highest BCUT2D eigenvalue weighted by Gasteiger charge is 2.25. The van der Waals surface area contributed by atoms with Gasteiger partial charge in [-0.2, -0.15) is 0 Å². The van der Waals surface area contributed by atoms with Crippen molar-refractivity contribution in [3.05, 3.63) is 23.8 Å². The number of benzene rings is 1. The third-order valence-electron chi connectivity index (χ3n) is 5.96. The van der Waals surface area contributed by atoms with Crippen molar-refractivity contribution in [2.45, 2.75) is 56.6 Å². The number of nitrogen functional groups attached to an aromatic ring is 1. The molecule has 1 aliphatic carbocycles. The highest BCUT2D eigenvalue weighted by molar-refractivity contribution is 5.79. The molecule has 4 rings (SSSR count). The maximum atomic E-state index is 9.78. The molecule has 3 N–H and O–H groups in total. The Hall–Kier alpha value is -1.59. The number of nitrogens with two attached hydrogens (primary N) is 1. The largest absolute Gasteiger partial charge is 0.393 e. The fourth-order valence-electron chi connectivity index (χ4n) is 4.42. The van der Waals surface area contributed by atoms with E-state index < -0.39 is 0 Å². The molecule has 2 aromatic rings. The minimum absolute atomic E-state index is 0.146. The first-order chi connectivity index (χ1) is 11.6. The normalized spacial score (nSPS) is 26.9. The van der Waals surface area contributed by atoms with Crippen molar-refractivity contribution in [1.82, 2.24) is 14.5 Å². The molecule has 24 heavy (non-hydrogen) atoms. The van der Waals surface area contributed by atoms with E-state index in [0.717, 1.165) is 31.2 Å². The second kappa shape index (κ2) is 6.37. The summed E-state index contributed by atoms with van der Waals surface area (Å²) in [5.41, 5.74) is 9.84. The molecule has 1 saturated carbocycles. The first-order valence-electron chi connectivity index (χ1n) is 9.26. The Labute approximate surface area is 143 Å². The van der Waals surface area contributed by atoms with Gasteiger partial charge in [-0.25, -0.2) is 4.98 Å². The van der Waals surface area contributed by atoms with Gasteiger partial charge in [0.1, 0.15) is 0 Å². The molecule has 0 amide bonds. The smallest absolute Gasteiger partial charge is 0.201 e. The van der Waals surface area contributed by atoms with Crippen LogP contribution < -0.4 is 5.73 Å². The zero-order valence-electron chi connectivity index (χ0n) is 14.5. The summed E-state index contributed by atoms with van der Waals surface area (Å²) >= 11 is 0. The van der Waals surface area contributed by atoms with E-state index in [2.05, 4.69) is 39.7 Å². The number of aliphatic hydroxyl groups excluding tert-OH is 1. The molecule has 0 bridgehead atoms. The number of hydrogen-bond acceptors (Lipinski definition) is 4. The van der Waals surface area contributed by atoms with E-state index in [1.54, 1.807) is 0 Å². The molecule has 0 radical (unpaired) electrons. The molecule has 2 fully saturated rings. The van der Waals surface area contributed by atoms with E-state index in [4.69, 9.17) is 5.73 Å². The summed E-state index contributed by atoms with van der Waals surface area (Å²) in [6.07, 6.45) is 5.98. The minimum atomic E-state index is -0.146.